The lowest BCUT2D eigenvalue weighted by molar-refractivity contribution is -0.115. The molecule has 4 aromatic rings. The van der Waals surface area contributed by atoms with Gasteiger partial charge in [-0.05, 0) is 48.4 Å². The number of anilines is 3. The van der Waals surface area contributed by atoms with Crippen LogP contribution in [0.2, 0.25) is 0 Å². The Balaban J connectivity index is 1.46. The van der Waals surface area contributed by atoms with E-state index in [4.69, 9.17) is 4.42 Å². The van der Waals surface area contributed by atoms with Crippen LogP contribution < -0.4 is 10.6 Å². The maximum absolute atomic E-state index is 13.8. The zero-order chi connectivity index (χ0) is 21.8. The summed E-state index contributed by atoms with van der Waals surface area (Å²) >= 11 is 0. The molecule has 1 amide bonds. The summed E-state index contributed by atoms with van der Waals surface area (Å²) in [6.45, 7) is 1.88. The Morgan fingerprint density at radius 2 is 1.84 bits per heavy atom. The van der Waals surface area contributed by atoms with Crippen molar-refractivity contribution in [2.24, 2.45) is 0 Å². The highest BCUT2D eigenvalue weighted by molar-refractivity contribution is 5.93. The predicted molar refractivity (Wildman–Crippen MR) is 111 cm³/mol. The summed E-state index contributed by atoms with van der Waals surface area (Å²) in [6.07, 6.45) is 3.03. The molecule has 2 aromatic carbocycles. The van der Waals surface area contributed by atoms with Crippen LogP contribution in [0.3, 0.4) is 0 Å². The van der Waals surface area contributed by atoms with Crippen molar-refractivity contribution in [2.45, 2.75) is 13.3 Å². The number of nitrogens with one attached hydrogen (secondary N) is 2. The second kappa shape index (κ2) is 8.70. The van der Waals surface area contributed by atoms with Crippen LogP contribution in [0, 0.1) is 18.6 Å². The summed E-state index contributed by atoms with van der Waals surface area (Å²) in [7, 11) is 0. The number of amides is 1. The Hall–Kier alpha value is -4.14. The Morgan fingerprint density at radius 1 is 1.03 bits per heavy atom. The van der Waals surface area contributed by atoms with E-state index >= 15 is 0 Å². The zero-order valence-electron chi connectivity index (χ0n) is 16.4. The first kappa shape index (κ1) is 20.1. The lowest BCUT2D eigenvalue weighted by Crippen LogP contribution is -2.15. The van der Waals surface area contributed by atoms with Gasteiger partial charge in [-0.3, -0.25) is 9.78 Å². The topological polar surface area (TPSA) is 92.9 Å². The Morgan fingerprint density at radius 3 is 2.61 bits per heavy atom. The highest BCUT2D eigenvalue weighted by Gasteiger charge is 2.12. The molecule has 9 heteroatoms. The molecule has 2 N–H and O–H groups in total. The summed E-state index contributed by atoms with van der Waals surface area (Å²) in [5.74, 6) is -1.54. The first-order chi connectivity index (χ1) is 15.0. The third-order valence-corrected chi connectivity index (χ3v) is 4.48. The molecule has 0 aliphatic rings. The second-order valence-corrected chi connectivity index (χ2v) is 6.76. The molecular formula is C22H17F2N5O2. The molecule has 7 nitrogen and oxygen atoms in total. The number of carbonyl (C=O) groups excluding carboxylic acids is 1. The maximum atomic E-state index is 13.8. The molecule has 0 radical (unpaired) electrons. The number of aromatic nitrogens is 3. The highest BCUT2D eigenvalue weighted by atomic mass is 19.1. The minimum absolute atomic E-state index is 0.110. The molecule has 31 heavy (non-hydrogen) atoms. The van der Waals surface area contributed by atoms with Gasteiger partial charge in [-0.2, -0.15) is 0 Å². The fourth-order valence-electron chi connectivity index (χ4n) is 2.88. The van der Waals surface area contributed by atoms with Crippen molar-refractivity contribution in [3.05, 3.63) is 83.7 Å². The molecule has 0 bridgehead atoms. The fourth-order valence-corrected chi connectivity index (χ4v) is 2.88. The van der Waals surface area contributed by atoms with Gasteiger partial charge in [-0.25, -0.2) is 8.78 Å². The monoisotopic (exact) mass is 421 g/mol. The van der Waals surface area contributed by atoms with Crippen molar-refractivity contribution < 1.29 is 18.0 Å². The quantitative estimate of drug-likeness (QED) is 0.471. The number of pyridine rings is 1. The van der Waals surface area contributed by atoms with E-state index in [2.05, 4.69) is 25.8 Å². The second-order valence-electron chi connectivity index (χ2n) is 6.76. The van der Waals surface area contributed by atoms with E-state index in [1.165, 1.54) is 6.07 Å². The van der Waals surface area contributed by atoms with Crippen LogP contribution in [0.25, 0.3) is 11.5 Å². The van der Waals surface area contributed by atoms with Gasteiger partial charge in [0.25, 0.3) is 0 Å². The zero-order valence-corrected chi connectivity index (χ0v) is 16.4. The Kier molecular flexibility index (Phi) is 5.65. The smallest absolute Gasteiger partial charge is 0.320 e. The average molecular weight is 421 g/mol. The maximum Gasteiger partial charge on any atom is 0.320 e. The van der Waals surface area contributed by atoms with Crippen LogP contribution in [0.5, 0.6) is 0 Å². The van der Waals surface area contributed by atoms with Gasteiger partial charge in [0.2, 0.25) is 11.8 Å². The molecule has 156 valence electrons. The minimum atomic E-state index is -0.761. The van der Waals surface area contributed by atoms with Crippen molar-refractivity contribution in [3.63, 3.8) is 0 Å². The van der Waals surface area contributed by atoms with Crippen molar-refractivity contribution in [1.29, 1.82) is 0 Å². The van der Waals surface area contributed by atoms with Gasteiger partial charge < -0.3 is 15.1 Å². The van der Waals surface area contributed by atoms with Crippen molar-refractivity contribution in [1.82, 2.24) is 15.2 Å². The third kappa shape index (κ3) is 4.89. The molecule has 2 aromatic heterocycles. The van der Waals surface area contributed by atoms with Crippen LogP contribution >= 0.6 is 0 Å². The number of rotatable bonds is 6. The number of hydrogen-bond donors (Lipinski definition) is 2. The van der Waals surface area contributed by atoms with E-state index in [1.54, 1.807) is 42.7 Å². The lowest BCUT2D eigenvalue weighted by Gasteiger charge is -2.10. The molecule has 4 rings (SSSR count). The van der Waals surface area contributed by atoms with Gasteiger partial charge in [-0.1, -0.05) is 17.2 Å². The summed E-state index contributed by atoms with van der Waals surface area (Å²) < 4.78 is 32.4. The van der Waals surface area contributed by atoms with Crippen molar-refractivity contribution in [2.75, 3.05) is 10.6 Å². The summed E-state index contributed by atoms with van der Waals surface area (Å²) in [5.41, 5.74) is 2.87. The van der Waals surface area contributed by atoms with Crippen molar-refractivity contribution in [3.8, 4) is 11.5 Å². The van der Waals surface area contributed by atoms with E-state index in [0.717, 1.165) is 23.3 Å². The number of nitrogens with zero attached hydrogens (tertiary/aromatic N) is 3. The number of halogens is 2. The summed E-state index contributed by atoms with van der Waals surface area (Å²) in [4.78, 5) is 16.2. The first-order valence-electron chi connectivity index (χ1n) is 9.33. The normalized spacial score (nSPS) is 10.7. The van der Waals surface area contributed by atoms with Crippen LogP contribution in [-0.4, -0.2) is 21.1 Å². The first-order valence-corrected chi connectivity index (χ1v) is 9.33. The third-order valence-electron chi connectivity index (χ3n) is 4.48. The van der Waals surface area contributed by atoms with Gasteiger partial charge in [0.05, 0.1) is 6.42 Å². The average Bonchev–Trinajstić information content (AvgIpc) is 3.22. The largest absolute Gasteiger partial charge is 0.403 e. The number of aryl methyl sites for hydroxylation is 1. The highest BCUT2D eigenvalue weighted by Crippen LogP contribution is 2.26. The Labute approximate surface area is 176 Å². The van der Waals surface area contributed by atoms with Gasteiger partial charge in [0.15, 0.2) is 0 Å². The molecule has 0 aliphatic carbocycles. The van der Waals surface area contributed by atoms with E-state index in [0.29, 0.717) is 17.3 Å². The number of hydrogen-bond acceptors (Lipinski definition) is 6. The summed E-state index contributed by atoms with van der Waals surface area (Å²) in [5, 5.41) is 13.7. The molecule has 2 heterocycles. The molecular weight excluding hydrogens is 404 g/mol. The van der Waals surface area contributed by atoms with E-state index in [1.807, 2.05) is 6.92 Å². The number of carbonyl (C=O) groups is 1. The molecule has 0 unspecified atom stereocenters. The Bertz CT molecular complexity index is 1230. The van der Waals surface area contributed by atoms with Crippen LogP contribution in [0.1, 0.15) is 11.1 Å². The number of benzene rings is 2. The van der Waals surface area contributed by atoms with Gasteiger partial charge in [-0.15, -0.1) is 5.10 Å². The molecule has 0 aliphatic heterocycles. The van der Waals surface area contributed by atoms with E-state index in [-0.39, 0.29) is 18.0 Å². The molecule has 0 saturated heterocycles. The molecule has 0 saturated carbocycles. The van der Waals surface area contributed by atoms with Crippen molar-refractivity contribution >= 4 is 23.3 Å². The van der Waals surface area contributed by atoms with Gasteiger partial charge in [0, 0.05) is 35.4 Å². The predicted octanol–water partition coefficient (Wildman–Crippen LogP) is 4.64. The van der Waals surface area contributed by atoms with Crippen LogP contribution in [0.4, 0.5) is 26.2 Å². The van der Waals surface area contributed by atoms with Crippen LogP contribution in [0.15, 0.2) is 65.3 Å². The van der Waals surface area contributed by atoms with E-state index < -0.39 is 17.5 Å². The lowest BCUT2D eigenvalue weighted by atomic mass is 10.1. The van der Waals surface area contributed by atoms with Gasteiger partial charge >= 0.3 is 6.01 Å². The SMILES string of the molecule is Cc1ccc(NC(=O)Cc2ccc(F)cc2F)cc1Nc1nnc(-c2ccncc2)o1. The fraction of sp³-hybridized carbons (Fsp3) is 0.0909. The van der Waals surface area contributed by atoms with E-state index in [9.17, 15) is 13.6 Å². The molecule has 0 fully saturated rings. The van der Waals surface area contributed by atoms with Gasteiger partial charge in [0.1, 0.15) is 11.6 Å². The van der Waals surface area contributed by atoms with Crippen LogP contribution in [-0.2, 0) is 11.2 Å². The molecule has 0 spiro atoms. The standard InChI is InChI=1S/C22H17F2N5O2/c1-13-2-5-17(26-20(30)10-15-3-4-16(23)11-18(15)24)12-19(13)27-22-29-28-21(31-22)14-6-8-25-9-7-14/h2-9,11-12H,10H2,1H3,(H,26,30)(H,27,29). The minimum Gasteiger partial charge on any atom is -0.403 e. The summed E-state index contributed by atoms with van der Waals surface area (Å²) in [6, 6.07) is 12.0. The molecule has 0 atom stereocenters.